The molecule has 0 radical (unpaired) electrons. The zero-order valence-corrected chi connectivity index (χ0v) is 14.7. The van der Waals surface area contributed by atoms with E-state index in [1.165, 1.54) is 25.3 Å². The molecule has 2 aromatic carbocycles. The summed E-state index contributed by atoms with van der Waals surface area (Å²) in [5, 5.41) is 21.3. The van der Waals surface area contributed by atoms with Crippen LogP contribution in [0.15, 0.2) is 42.1 Å². The van der Waals surface area contributed by atoms with E-state index in [2.05, 4.69) is 11.4 Å². The zero-order valence-electron chi connectivity index (χ0n) is 14.7. The molecule has 1 heterocycles. The van der Waals surface area contributed by atoms with Crippen molar-refractivity contribution in [3.63, 3.8) is 0 Å². The van der Waals surface area contributed by atoms with Crippen LogP contribution in [0, 0.1) is 11.3 Å². The third-order valence-corrected chi connectivity index (χ3v) is 4.39. The smallest absolute Gasteiger partial charge is 0.416 e. The number of halogens is 3. The predicted octanol–water partition coefficient (Wildman–Crippen LogP) is 4.58. The first-order chi connectivity index (χ1) is 13.2. The Morgan fingerprint density at radius 1 is 1.32 bits per heavy atom. The number of anilines is 1. The van der Waals surface area contributed by atoms with E-state index < -0.39 is 17.7 Å². The Hall–Kier alpha value is -3.47. The molecule has 2 aromatic rings. The summed E-state index contributed by atoms with van der Waals surface area (Å²) in [5.74, 6) is -0.653. The maximum absolute atomic E-state index is 12.8. The molecular formula is C20H15F3N2O3. The van der Waals surface area contributed by atoms with E-state index in [0.29, 0.717) is 46.7 Å². The molecule has 1 aliphatic rings. The number of hydrogen-bond acceptors (Lipinski definition) is 4. The summed E-state index contributed by atoms with van der Waals surface area (Å²) >= 11 is 0. The topological polar surface area (TPSA) is 82.3 Å². The highest BCUT2D eigenvalue weighted by Crippen LogP contribution is 2.43. The van der Waals surface area contributed by atoms with Crippen molar-refractivity contribution in [1.29, 1.82) is 5.26 Å². The number of rotatable bonds is 4. The first-order valence-electron chi connectivity index (χ1n) is 8.29. The number of nitrogens with one attached hydrogen (secondary N) is 1. The molecule has 28 heavy (non-hydrogen) atoms. The van der Waals surface area contributed by atoms with Gasteiger partial charge in [-0.1, -0.05) is 12.1 Å². The minimum atomic E-state index is -4.44. The summed E-state index contributed by atoms with van der Waals surface area (Å²) in [6.45, 7) is 1.75. The molecule has 2 N–H and O–H groups in total. The maximum Gasteiger partial charge on any atom is 0.416 e. The van der Waals surface area contributed by atoms with Crippen LogP contribution in [0.2, 0.25) is 0 Å². The van der Waals surface area contributed by atoms with Gasteiger partial charge >= 0.3 is 12.1 Å². The molecule has 0 saturated carbocycles. The number of alkyl halides is 3. The summed E-state index contributed by atoms with van der Waals surface area (Å²) < 4.78 is 44.1. The second kappa shape index (κ2) is 7.27. The lowest BCUT2D eigenvalue weighted by Gasteiger charge is -2.15. The number of ether oxygens (including phenoxy) is 1. The Morgan fingerprint density at radius 2 is 2.00 bits per heavy atom. The number of aliphatic carboxylic acids is 1. The lowest BCUT2D eigenvalue weighted by molar-refractivity contribution is -0.137. The average molecular weight is 388 g/mol. The Balaban J connectivity index is 2.10. The van der Waals surface area contributed by atoms with Gasteiger partial charge < -0.3 is 15.2 Å². The van der Waals surface area contributed by atoms with Gasteiger partial charge in [0.1, 0.15) is 11.8 Å². The number of carboxylic acids is 1. The van der Waals surface area contributed by atoms with Crippen LogP contribution in [-0.2, 0) is 17.4 Å². The fourth-order valence-corrected chi connectivity index (χ4v) is 2.92. The van der Waals surface area contributed by atoms with Gasteiger partial charge in [0.25, 0.3) is 0 Å². The van der Waals surface area contributed by atoms with Gasteiger partial charge in [0, 0.05) is 29.3 Å². The van der Waals surface area contributed by atoms with Crippen molar-refractivity contribution in [2.75, 3.05) is 11.9 Å². The first kappa shape index (κ1) is 19.3. The highest BCUT2D eigenvalue weighted by Gasteiger charge is 2.30. The molecule has 144 valence electrons. The number of carbonyl (C=O) groups is 1. The number of hydrogen-bond donors (Lipinski definition) is 2. The Kier molecular flexibility index (Phi) is 5.01. The SMILES string of the molecule is CC(=CNc1cc(-c2ccc(C(F)(F)F)cc2)c2c(c1C#N)CCO2)C(=O)O. The summed E-state index contributed by atoms with van der Waals surface area (Å²) in [4.78, 5) is 11.0. The normalized spacial score (nSPS) is 13.5. The molecular weight excluding hydrogens is 373 g/mol. The van der Waals surface area contributed by atoms with Crippen LogP contribution in [0.3, 0.4) is 0 Å². The van der Waals surface area contributed by atoms with E-state index >= 15 is 0 Å². The van der Waals surface area contributed by atoms with Gasteiger partial charge in [0.2, 0.25) is 0 Å². The maximum atomic E-state index is 12.8. The highest BCUT2D eigenvalue weighted by atomic mass is 19.4. The monoisotopic (exact) mass is 388 g/mol. The summed E-state index contributed by atoms with van der Waals surface area (Å²) in [6.07, 6.45) is -2.70. The standard InChI is InChI=1S/C20H15F3N2O3/c1-11(19(26)27)10-25-17-8-15(18-14(6-7-28-18)16(17)9-24)12-2-4-13(5-3-12)20(21,22)23/h2-5,8,10,25H,6-7H2,1H3,(H,26,27). The predicted molar refractivity (Wildman–Crippen MR) is 95.8 cm³/mol. The molecule has 0 aliphatic carbocycles. The molecule has 0 fully saturated rings. The minimum Gasteiger partial charge on any atom is -0.492 e. The molecule has 0 aromatic heterocycles. The van der Waals surface area contributed by atoms with Crippen molar-refractivity contribution in [2.24, 2.45) is 0 Å². The molecule has 0 unspecified atom stereocenters. The number of fused-ring (bicyclic) bond motifs is 1. The summed E-state index contributed by atoms with van der Waals surface area (Å²) in [5.41, 5.74) is 1.63. The third kappa shape index (κ3) is 3.64. The van der Waals surface area contributed by atoms with Gasteiger partial charge in [0.15, 0.2) is 0 Å². The fourth-order valence-electron chi connectivity index (χ4n) is 2.92. The van der Waals surface area contributed by atoms with E-state index in [9.17, 15) is 23.2 Å². The van der Waals surface area contributed by atoms with Crippen molar-refractivity contribution in [3.05, 3.63) is 58.8 Å². The Morgan fingerprint density at radius 3 is 2.57 bits per heavy atom. The molecule has 0 atom stereocenters. The molecule has 1 aliphatic heterocycles. The van der Waals surface area contributed by atoms with Crippen LogP contribution >= 0.6 is 0 Å². The Bertz CT molecular complexity index is 1000. The average Bonchev–Trinajstić information content (AvgIpc) is 3.14. The van der Waals surface area contributed by atoms with Gasteiger partial charge in [-0.05, 0) is 30.7 Å². The molecule has 5 nitrogen and oxygen atoms in total. The second-order valence-electron chi connectivity index (χ2n) is 6.22. The summed E-state index contributed by atoms with van der Waals surface area (Å²) in [7, 11) is 0. The van der Waals surface area contributed by atoms with Crippen molar-refractivity contribution in [1.82, 2.24) is 0 Å². The first-order valence-corrected chi connectivity index (χ1v) is 8.29. The van der Waals surface area contributed by atoms with Gasteiger partial charge in [-0.15, -0.1) is 0 Å². The number of nitrogens with zero attached hydrogens (tertiary/aromatic N) is 1. The van der Waals surface area contributed by atoms with Crippen LogP contribution in [0.5, 0.6) is 5.75 Å². The number of carboxylic acid groups (broad SMARTS) is 1. The second-order valence-corrected chi connectivity index (χ2v) is 6.22. The van der Waals surface area contributed by atoms with Crippen LogP contribution in [0.1, 0.15) is 23.6 Å². The quantitative estimate of drug-likeness (QED) is 0.750. The molecule has 0 spiro atoms. The molecule has 3 rings (SSSR count). The number of benzene rings is 2. The lowest BCUT2D eigenvalue weighted by Crippen LogP contribution is -2.04. The third-order valence-electron chi connectivity index (χ3n) is 4.39. The zero-order chi connectivity index (χ0) is 20.5. The largest absolute Gasteiger partial charge is 0.492 e. The van der Waals surface area contributed by atoms with Gasteiger partial charge in [-0.25, -0.2) is 4.79 Å². The van der Waals surface area contributed by atoms with Crippen LogP contribution < -0.4 is 10.1 Å². The van der Waals surface area contributed by atoms with Crippen molar-refractivity contribution in [3.8, 4) is 22.9 Å². The van der Waals surface area contributed by atoms with Gasteiger partial charge in [0.05, 0.1) is 23.4 Å². The fraction of sp³-hybridized carbons (Fsp3) is 0.200. The van der Waals surface area contributed by atoms with E-state index in [4.69, 9.17) is 9.84 Å². The van der Waals surface area contributed by atoms with Crippen LogP contribution in [0.4, 0.5) is 18.9 Å². The van der Waals surface area contributed by atoms with E-state index in [1.54, 1.807) is 6.07 Å². The van der Waals surface area contributed by atoms with Crippen LogP contribution in [0.25, 0.3) is 11.1 Å². The Labute approximate surface area is 158 Å². The molecule has 0 bridgehead atoms. The van der Waals surface area contributed by atoms with E-state index in [0.717, 1.165) is 12.1 Å². The van der Waals surface area contributed by atoms with Crippen molar-refractivity contribution in [2.45, 2.75) is 19.5 Å². The van der Waals surface area contributed by atoms with Gasteiger partial charge in [-0.3, -0.25) is 0 Å². The number of nitriles is 1. The van der Waals surface area contributed by atoms with E-state index in [-0.39, 0.29) is 5.57 Å². The van der Waals surface area contributed by atoms with Crippen molar-refractivity contribution >= 4 is 11.7 Å². The van der Waals surface area contributed by atoms with Crippen LogP contribution in [-0.4, -0.2) is 17.7 Å². The minimum absolute atomic E-state index is 0.0386. The summed E-state index contributed by atoms with van der Waals surface area (Å²) in [6, 6.07) is 8.32. The molecule has 8 heteroatoms. The van der Waals surface area contributed by atoms with Gasteiger partial charge in [-0.2, -0.15) is 18.4 Å². The van der Waals surface area contributed by atoms with Crippen molar-refractivity contribution < 1.29 is 27.8 Å². The lowest BCUT2D eigenvalue weighted by atomic mass is 9.95. The van der Waals surface area contributed by atoms with E-state index in [1.807, 2.05) is 0 Å². The molecule has 0 amide bonds. The molecule has 0 saturated heterocycles. The highest BCUT2D eigenvalue weighted by molar-refractivity contribution is 5.87.